The van der Waals surface area contributed by atoms with E-state index in [1.54, 1.807) is 0 Å². The van der Waals surface area contributed by atoms with Crippen molar-refractivity contribution in [1.29, 1.82) is 0 Å². The van der Waals surface area contributed by atoms with Gasteiger partial charge < -0.3 is 14.6 Å². The molecule has 1 aromatic rings. The van der Waals surface area contributed by atoms with Crippen molar-refractivity contribution in [2.75, 3.05) is 19.8 Å². The second kappa shape index (κ2) is 7.08. The Bertz CT molecular complexity index is 533. The second-order valence-electron chi connectivity index (χ2n) is 5.25. The van der Waals surface area contributed by atoms with Gasteiger partial charge in [0.1, 0.15) is 11.9 Å². The Kier molecular flexibility index (Phi) is 5.35. The molecule has 0 radical (unpaired) electrons. The van der Waals surface area contributed by atoms with Gasteiger partial charge in [0.25, 0.3) is 0 Å². The van der Waals surface area contributed by atoms with Gasteiger partial charge in [0, 0.05) is 13.0 Å². The average Bonchev–Trinajstić information content (AvgIpc) is 2.88. The Hall–Kier alpha value is -1.96. The molecule has 1 N–H and O–H groups in total. The first kappa shape index (κ1) is 17.4. The third kappa shape index (κ3) is 4.51. The third-order valence-electron chi connectivity index (χ3n) is 3.62. The number of carbonyl (C=O) groups is 1. The molecule has 8 heteroatoms. The highest BCUT2D eigenvalue weighted by molar-refractivity contribution is 5.66. The lowest BCUT2D eigenvalue weighted by Crippen LogP contribution is -2.37. The van der Waals surface area contributed by atoms with E-state index in [1.165, 1.54) is 17.0 Å². The zero-order valence-corrected chi connectivity index (χ0v) is 12.5. The van der Waals surface area contributed by atoms with E-state index in [1.807, 2.05) is 6.92 Å². The highest BCUT2D eigenvalue weighted by Crippen LogP contribution is 2.31. The van der Waals surface area contributed by atoms with Gasteiger partial charge >= 0.3 is 12.3 Å². The van der Waals surface area contributed by atoms with E-state index >= 15 is 0 Å². The number of benzene rings is 1. The molecule has 1 aromatic carbocycles. The van der Waals surface area contributed by atoms with Crippen LogP contribution >= 0.6 is 0 Å². The standard InChI is InChI=1S/C15H18F3NO4/c1-2-22-9-11-7-13(8-19(11)14(20)21)23-12-5-3-10(4-6-12)15(16,17)18/h3-6,11,13H,2,7-9H2,1H3,(H,20,21)/t11-,13+/m0/s1. The maximum Gasteiger partial charge on any atom is 0.416 e. The van der Waals surface area contributed by atoms with Crippen molar-refractivity contribution in [2.45, 2.75) is 31.7 Å². The first-order valence-electron chi connectivity index (χ1n) is 7.22. The number of rotatable bonds is 5. The third-order valence-corrected chi connectivity index (χ3v) is 3.62. The number of amides is 1. The number of likely N-dealkylation sites (tertiary alicyclic amines) is 1. The number of carboxylic acid groups (broad SMARTS) is 1. The summed E-state index contributed by atoms with van der Waals surface area (Å²) in [6.45, 7) is 2.73. The summed E-state index contributed by atoms with van der Waals surface area (Å²) in [4.78, 5) is 12.5. The van der Waals surface area contributed by atoms with Crippen LogP contribution in [0.25, 0.3) is 0 Å². The topological polar surface area (TPSA) is 59.0 Å². The Morgan fingerprint density at radius 3 is 2.52 bits per heavy atom. The molecule has 0 spiro atoms. The maximum atomic E-state index is 12.5. The summed E-state index contributed by atoms with van der Waals surface area (Å²) in [5, 5.41) is 9.18. The fourth-order valence-electron chi connectivity index (χ4n) is 2.52. The van der Waals surface area contributed by atoms with E-state index in [2.05, 4.69) is 0 Å². The van der Waals surface area contributed by atoms with Crippen LogP contribution < -0.4 is 4.74 Å². The molecule has 1 amide bonds. The molecule has 1 aliphatic heterocycles. The van der Waals surface area contributed by atoms with Crippen LogP contribution in [0.2, 0.25) is 0 Å². The fourth-order valence-corrected chi connectivity index (χ4v) is 2.52. The summed E-state index contributed by atoms with van der Waals surface area (Å²) >= 11 is 0. The molecule has 0 unspecified atom stereocenters. The van der Waals surface area contributed by atoms with Crippen molar-refractivity contribution in [2.24, 2.45) is 0 Å². The summed E-state index contributed by atoms with van der Waals surface area (Å²) in [6.07, 6.45) is -5.43. The first-order chi connectivity index (χ1) is 10.8. The molecule has 0 bridgehead atoms. The van der Waals surface area contributed by atoms with E-state index < -0.39 is 23.9 Å². The number of nitrogens with zero attached hydrogens (tertiary/aromatic N) is 1. The van der Waals surface area contributed by atoms with E-state index in [4.69, 9.17) is 9.47 Å². The van der Waals surface area contributed by atoms with Gasteiger partial charge in [-0.2, -0.15) is 13.2 Å². The molecule has 2 rings (SSSR count). The van der Waals surface area contributed by atoms with Crippen LogP contribution in [0.4, 0.5) is 18.0 Å². The monoisotopic (exact) mass is 333 g/mol. The molecule has 1 aliphatic rings. The lowest BCUT2D eigenvalue weighted by atomic mass is 10.2. The zero-order chi connectivity index (χ0) is 17.0. The molecule has 128 valence electrons. The van der Waals surface area contributed by atoms with E-state index in [0.29, 0.717) is 13.0 Å². The Morgan fingerprint density at radius 2 is 2.00 bits per heavy atom. The van der Waals surface area contributed by atoms with Crippen LogP contribution in [0.1, 0.15) is 18.9 Å². The second-order valence-corrected chi connectivity index (χ2v) is 5.25. The Morgan fingerprint density at radius 1 is 1.35 bits per heavy atom. The number of halogens is 3. The van der Waals surface area contributed by atoms with Gasteiger partial charge in [-0.3, -0.25) is 4.90 Å². The van der Waals surface area contributed by atoms with Crippen molar-refractivity contribution < 1.29 is 32.5 Å². The fraction of sp³-hybridized carbons (Fsp3) is 0.533. The molecule has 1 fully saturated rings. The largest absolute Gasteiger partial charge is 0.489 e. The van der Waals surface area contributed by atoms with E-state index in [-0.39, 0.29) is 24.9 Å². The smallest absolute Gasteiger partial charge is 0.416 e. The van der Waals surface area contributed by atoms with E-state index in [9.17, 15) is 23.1 Å². The van der Waals surface area contributed by atoms with Gasteiger partial charge in [-0.25, -0.2) is 4.79 Å². The average molecular weight is 333 g/mol. The summed E-state index contributed by atoms with van der Waals surface area (Å²) in [7, 11) is 0. The van der Waals surface area contributed by atoms with Crippen molar-refractivity contribution in [3.8, 4) is 5.75 Å². The number of alkyl halides is 3. The zero-order valence-electron chi connectivity index (χ0n) is 12.5. The summed E-state index contributed by atoms with van der Waals surface area (Å²) < 4.78 is 48.4. The van der Waals surface area contributed by atoms with Crippen LogP contribution in [0.15, 0.2) is 24.3 Å². The lowest BCUT2D eigenvalue weighted by Gasteiger charge is -2.20. The van der Waals surface area contributed by atoms with E-state index in [0.717, 1.165) is 12.1 Å². The number of ether oxygens (including phenoxy) is 2. The molecule has 1 heterocycles. The highest BCUT2D eigenvalue weighted by atomic mass is 19.4. The van der Waals surface area contributed by atoms with Crippen molar-refractivity contribution in [3.63, 3.8) is 0 Å². The first-order valence-corrected chi connectivity index (χ1v) is 7.22. The van der Waals surface area contributed by atoms with Gasteiger partial charge in [0.05, 0.1) is 24.8 Å². The molecule has 0 aliphatic carbocycles. The van der Waals surface area contributed by atoms with Gasteiger partial charge in [-0.15, -0.1) is 0 Å². The molecule has 1 saturated heterocycles. The van der Waals surface area contributed by atoms with Gasteiger partial charge in [-0.05, 0) is 31.2 Å². The summed E-state index contributed by atoms with van der Waals surface area (Å²) in [6, 6.07) is 4.05. The maximum absolute atomic E-state index is 12.5. The normalized spacial score (nSPS) is 21.5. The molecular weight excluding hydrogens is 315 g/mol. The molecule has 2 atom stereocenters. The predicted molar refractivity (Wildman–Crippen MR) is 75.5 cm³/mol. The number of hydrogen-bond donors (Lipinski definition) is 1. The minimum absolute atomic E-state index is 0.161. The van der Waals surface area contributed by atoms with Gasteiger partial charge in [0.2, 0.25) is 0 Å². The SMILES string of the molecule is CCOC[C@@H]1C[C@@H](Oc2ccc(C(F)(F)F)cc2)CN1C(=O)O. The van der Waals surface area contributed by atoms with Crippen molar-refractivity contribution >= 4 is 6.09 Å². The predicted octanol–water partition coefficient (Wildman–Crippen LogP) is 3.24. The minimum atomic E-state index is -4.39. The molecular formula is C15H18F3NO4. The Labute approximate surface area is 131 Å². The van der Waals surface area contributed by atoms with Crippen molar-refractivity contribution in [3.05, 3.63) is 29.8 Å². The highest BCUT2D eigenvalue weighted by Gasteiger charge is 2.37. The van der Waals surface area contributed by atoms with Crippen molar-refractivity contribution in [1.82, 2.24) is 4.90 Å². The molecule has 0 saturated carbocycles. The van der Waals surface area contributed by atoms with Gasteiger partial charge in [0.15, 0.2) is 0 Å². The van der Waals surface area contributed by atoms with Crippen LogP contribution in [-0.4, -0.2) is 48.0 Å². The lowest BCUT2D eigenvalue weighted by molar-refractivity contribution is -0.137. The molecule has 0 aromatic heterocycles. The Balaban J connectivity index is 1.99. The van der Waals surface area contributed by atoms with Crippen LogP contribution in [-0.2, 0) is 10.9 Å². The van der Waals surface area contributed by atoms with Crippen LogP contribution in [0, 0.1) is 0 Å². The summed E-state index contributed by atoms with van der Waals surface area (Å²) in [5.74, 6) is 0.283. The molecule has 23 heavy (non-hydrogen) atoms. The van der Waals surface area contributed by atoms with Gasteiger partial charge in [-0.1, -0.05) is 0 Å². The van der Waals surface area contributed by atoms with Crippen LogP contribution in [0.5, 0.6) is 5.75 Å². The quantitative estimate of drug-likeness (QED) is 0.899. The molecule has 5 nitrogen and oxygen atoms in total. The minimum Gasteiger partial charge on any atom is -0.489 e. The number of hydrogen-bond acceptors (Lipinski definition) is 3. The van der Waals surface area contributed by atoms with Crippen LogP contribution in [0.3, 0.4) is 0 Å². The summed E-state index contributed by atoms with van der Waals surface area (Å²) in [5.41, 5.74) is -0.752.